The van der Waals surface area contributed by atoms with Gasteiger partial charge in [0.15, 0.2) is 5.65 Å². The predicted molar refractivity (Wildman–Crippen MR) is 79.5 cm³/mol. The predicted octanol–water partition coefficient (Wildman–Crippen LogP) is 2.61. The van der Waals surface area contributed by atoms with Crippen molar-refractivity contribution in [3.05, 3.63) is 48.4 Å². The van der Waals surface area contributed by atoms with Crippen LogP contribution >= 0.6 is 0 Å². The minimum atomic E-state index is -0.219. The molecule has 21 heavy (non-hydrogen) atoms. The van der Waals surface area contributed by atoms with Gasteiger partial charge in [0.1, 0.15) is 5.75 Å². The molecule has 0 saturated carbocycles. The molecule has 1 aromatic carbocycles. The number of aromatic amines is 1. The third-order valence-electron chi connectivity index (χ3n) is 2.96. The fourth-order valence-electron chi connectivity index (χ4n) is 1.96. The minimum absolute atomic E-state index is 0.219. The Morgan fingerprint density at radius 3 is 2.86 bits per heavy atom. The first kappa shape index (κ1) is 13.1. The summed E-state index contributed by atoms with van der Waals surface area (Å²) in [6, 6.07) is 8.94. The lowest BCUT2D eigenvalue weighted by Gasteiger charge is -2.07. The van der Waals surface area contributed by atoms with E-state index in [4.69, 9.17) is 4.74 Å². The molecule has 2 N–H and O–H groups in total. The molecule has 0 fully saturated rings. The summed E-state index contributed by atoms with van der Waals surface area (Å²) in [5.74, 6) is 0.555. The van der Waals surface area contributed by atoms with E-state index < -0.39 is 0 Å². The number of hydrogen-bond donors (Lipinski definition) is 2. The number of rotatable bonds is 4. The van der Waals surface area contributed by atoms with Gasteiger partial charge in [-0.2, -0.15) is 0 Å². The number of pyridine rings is 1. The standard InChI is InChI=1S/C15H14N4O2/c1-2-21-12-5-3-11(4-6-12)19-15(20)10-7-13-14(16-8-10)18-9-17-13/h3-9H,2H2,1H3,(H,19,20)(H,16,17,18). The number of nitrogens with zero attached hydrogens (tertiary/aromatic N) is 2. The summed E-state index contributed by atoms with van der Waals surface area (Å²) in [6.45, 7) is 2.54. The second kappa shape index (κ2) is 5.62. The SMILES string of the molecule is CCOc1ccc(NC(=O)c2cnc3nc[nH]c3c2)cc1. The Hall–Kier alpha value is -2.89. The van der Waals surface area contributed by atoms with Crippen LogP contribution in [-0.4, -0.2) is 27.5 Å². The monoisotopic (exact) mass is 282 g/mol. The Labute approximate surface area is 121 Å². The summed E-state index contributed by atoms with van der Waals surface area (Å²) in [7, 11) is 0. The number of fused-ring (bicyclic) bond motifs is 1. The number of imidazole rings is 1. The first-order valence-corrected chi connectivity index (χ1v) is 6.59. The second-order valence-corrected chi connectivity index (χ2v) is 4.41. The van der Waals surface area contributed by atoms with Crippen molar-refractivity contribution in [1.29, 1.82) is 0 Å². The van der Waals surface area contributed by atoms with Crippen molar-refractivity contribution < 1.29 is 9.53 Å². The number of benzene rings is 1. The van der Waals surface area contributed by atoms with Crippen LogP contribution in [0.1, 0.15) is 17.3 Å². The van der Waals surface area contributed by atoms with Crippen molar-refractivity contribution in [2.45, 2.75) is 6.92 Å². The lowest BCUT2D eigenvalue weighted by molar-refractivity contribution is 0.102. The van der Waals surface area contributed by atoms with Crippen molar-refractivity contribution in [3.8, 4) is 5.75 Å². The average molecular weight is 282 g/mol. The fourth-order valence-corrected chi connectivity index (χ4v) is 1.96. The molecule has 6 heteroatoms. The van der Waals surface area contributed by atoms with E-state index in [0.717, 1.165) is 11.3 Å². The smallest absolute Gasteiger partial charge is 0.257 e. The first-order valence-electron chi connectivity index (χ1n) is 6.59. The third kappa shape index (κ3) is 2.84. The Kier molecular flexibility index (Phi) is 3.51. The average Bonchev–Trinajstić information content (AvgIpc) is 2.97. The van der Waals surface area contributed by atoms with Crippen molar-refractivity contribution in [3.63, 3.8) is 0 Å². The first-order chi connectivity index (χ1) is 10.3. The summed E-state index contributed by atoms with van der Waals surface area (Å²) in [5.41, 5.74) is 2.50. The summed E-state index contributed by atoms with van der Waals surface area (Å²) < 4.78 is 5.36. The Bertz CT molecular complexity index is 765. The van der Waals surface area contributed by atoms with Gasteiger partial charge in [-0.05, 0) is 37.3 Å². The van der Waals surface area contributed by atoms with E-state index in [9.17, 15) is 4.79 Å². The van der Waals surface area contributed by atoms with Crippen LogP contribution in [0.5, 0.6) is 5.75 Å². The highest BCUT2D eigenvalue weighted by Crippen LogP contribution is 2.17. The molecule has 6 nitrogen and oxygen atoms in total. The topological polar surface area (TPSA) is 79.9 Å². The van der Waals surface area contributed by atoms with E-state index in [-0.39, 0.29) is 5.91 Å². The molecular formula is C15H14N4O2. The summed E-state index contributed by atoms with van der Waals surface area (Å²) in [4.78, 5) is 23.2. The molecule has 106 valence electrons. The highest BCUT2D eigenvalue weighted by Gasteiger charge is 2.08. The van der Waals surface area contributed by atoms with E-state index in [1.807, 2.05) is 19.1 Å². The van der Waals surface area contributed by atoms with Crippen LogP contribution in [0.15, 0.2) is 42.9 Å². The van der Waals surface area contributed by atoms with E-state index in [2.05, 4.69) is 20.3 Å². The van der Waals surface area contributed by atoms with Gasteiger partial charge >= 0.3 is 0 Å². The Morgan fingerprint density at radius 2 is 2.10 bits per heavy atom. The van der Waals surface area contributed by atoms with Crippen LogP contribution in [0, 0.1) is 0 Å². The maximum absolute atomic E-state index is 12.2. The van der Waals surface area contributed by atoms with E-state index in [0.29, 0.717) is 23.5 Å². The lowest BCUT2D eigenvalue weighted by atomic mass is 10.2. The zero-order valence-electron chi connectivity index (χ0n) is 11.5. The number of amides is 1. The fraction of sp³-hybridized carbons (Fsp3) is 0.133. The molecule has 0 aliphatic heterocycles. The van der Waals surface area contributed by atoms with Crippen molar-refractivity contribution in [2.24, 2.45) is 0 Å². The van der Waals surface area contributed by atoms with Gasteiger partial charge in [0, 0.05) is 11.9 Å². The molecule has 0 unspecified atom stereocenters. The molecule has 0 spiro atoms. The number of H-pyrrole nitrogens is 1. The molecule has 0 aliphatic rings. The van der Waals surface area contributed by atoms with Crippen LogP contribution in [0.3, 0.4) is 0 Å². The molecule has 3 rings (SSSR count). The van der Waals surface area contributed by atoms with Crippen molar-refractivity contribution in [2.75, 3.05) is 11.9 Å². The highest BCUT2D eigenvalue weighted by atomic mass is 16.5. The number of carbonyl (C=O) groups excluding carboxylic acids is 1. The highest BCUT2D eigenvalue weighted by molar-refractivity contribution is 6.05. The molecule has 0 saturated heterocycles. The maximum Gasteiger partial charge on any atom is 0.257 e. The van der Waals surface area contributed by atoms with Gasteiger partial charge in [0.25, 0.3) is 5.91 Å². The maximum atomic E-state index is 12.2. The van der Waals surface area contributed by atoms with Crippen LogP contribution in [0.4, 0.5) is 5.69 Å². The van der Waals surface area contributed by atoms with E-state index >= 15 is 0 Å². The number of hydrogen-bond acceptors (Lipinski definition) is 4. The molecule has 0 radical (unpaired) electrons. The quantitative estimate of drug-likeness (QED) is 0.770. The molecule has 2 heterocycles. The normalized spacial score (nSPS) is 10.5. The van der Waals surface area contributed by atoms with Crippen LogP contribution < -0.4 is 10.1 Å². The third-order valence-corrected chi connectivity index (χ3v) is 2.96. The molecule has 0 atom stereocenters. The number of ether oxygens (including phenoxy) is 1. The van der Waals surface area contributed by atoms with Crippen molar-refractivity contribution >= 4 is 22.8 Å². The van der Waals surface area contributed by atoms with E-state index in [1.165, 1.54) is 6.20 Å². The largest absolute Gasteiger partial charge is 0.494 e. The number of nitrogens with one attached hydrogen (secondary N) is 2. The van der Waals surface area contributed by atoms with Crippen molar-refractivity contribution in [1.82, 2.24) is 15.0 Å². The molecule has 3 aromatic rings. The van der Waals surface area contributed by atoms with Gasteiger partial charge in [-0.15, -0.1) is 0 Å². The molecule has 0 bridgehead atoms. The molecule has 0 aliphatic carbocycles. The van der Waals surface area contributed by atoms with Gasteiger partial charge in [-0.1, -0.05) is 0 Å². The van der Waals surface area contributed by atoms with E-state index in [1.54, 1.807) is 24.5 Å². The van der Waals surface area contributed by atoms with Gasteiger partial charge in [-0.25, -0.2) is 9.97 Å². The second-order valence-electron chi connectivity index (χ2n) is 4.41. The Morgan fingerprint density at radius 1 is 1.29 bits per heavy atom. The zero-order chi connectivity index (χ0) is 14.7. The zero-order valence-corrected chi connectivity index (χ0v) is 11.5. The molecular weight excluding hydrogens is 268 g/mol. The van der Waals surface area contributed by atoms with Crippen LogP contribution in [0.25, 0.3) is 11.2 Å². The van der Waals surface area contributed by atoms with Crippen LogP contribution in [-0.2, 0) is 0 Å². The number of anilines is 1. The van der Waals surface area contributed by atoms with Gasteiger partial charge in [-0.3, -0.25) is 4.79 Å². The summed E-state index contributed by atoms with van der Waals surface area (Å²) in [6.07, 6.45) is 3.05. The Balaban J connectivity index is 1.75. The van der Waals surface area contributed by atoms with Gasteiger partial charge < -0.3 is 15.0 Å². The summed E-state index contributed by atoms with van der Waals surface area (Å²) in [5, 5.41) is 2.82. The lowest BCUT2D eigenvalue weighted by Crippen LogP contribution is -2.12. The number of aromatic nitrogens is 3. The number of carbonyl (C=O) groups is 1. The molecule has 1 amide bonds. The minimum Gasteiger partial charge on any atom is -0.494 e. The van der Waals surface area contributed by atoms with Gasteiger partial charge in [0.05, 0.1) is 24.0 Å². The van der Waals surface area contributed by atoms with Crippen LogP contribution in [0.2, 0.25) is 0 Å². The van der Waals surface area contributed by atoms with Gasteiger partial charge in [0.2, 0.25) is 0 Å². The summed E-state index contributed by atoms with van der Waals surface area (Å²) >= 11 is 0. The molecule has 2 aromatic heterocycles.